The van der Waals surface area contributed by atoms with Gasteiger partial charge in [0.05, 0.1) is 23.6 Å². The van der Waals surface area contributed by atoms with E-state index in [0.29, 0.717) is 24.6 Å². The number of imide groups is 1. The number of benzene rings is 2. The van der Waals surface area contributed by atoms with Crippen LogP contribution in [-0.4, -0.2) is 32.9 Å². The van der Waals surface area contributed by atoms with Crippen molar-refractivity contribution in [3.63, 3.8) is 0 Å². The van der Waals surface area contributed by atoms with Crippen molar-refractivity contribution in [2.75, 3.05) is 11.5 Å². The highest BCUT2D eigenvalue weighted by Gasteiger charge is 2.42. The summed E-state index contributed by atoms with van der Waals surface area (Å²) in [4.78, 5) is 26.3. The number of carbonyl (C=O) groups is 2. The number of hydrogen-bond acceptors (Lipinski definition) is 5. The Morgan fingerprint density at radius 3 is 2.32 bits per heavy atom. The molecule has 1 atom stereocenters. The molecular weight excluding hydrogens is 382 g/mol. The molecule has 0 aliphatic carbocycles. The third-order valence-corrected chi connectivity index (χ3v) is 5.41. The van der Waals surface area contributed by atoms with E-state index in [2.05, 4.69) is 0 Å². The fraction of sp³-hybridized carbons (Fsp3) is 0.263. The molecule has 1 heterocycles. The fourth-order valence-electron chi connectivity index (χ4n) is 3.06. The molecule has 0 spiro atoms. The first-order valence-electron chi connectivity index (χ1n) is 8.84. The highest BCUT2D eigenvalue weighted by Crippen LogP contribution is 2.24. The lowest BCUT2D eigenvalue weighted by molar-refractivity contribution is -0.690. The van der Waals surface area contributed by atoms with Crippen LogP contribution in [0.2, 0.25) is 0 Å². The molecule has 2 aromatic carbocycles. The summed E-state index contributed by atoms with van der Waals surface area (Å²) in [5.74, 6) is 0.159. The molecule has 8 nitrogen and oxygen atoms in total. The molecule has 9 heteroatoms. The molecule has 1 saturated heterocycles. The molecule has 28 heavy (non-hydrogen) atoms. The van der Waals surface area contributed by atoms with E-state index in [1.54, 1.807) is 41.7 Å². The Hall–Kier alpha value is -2.75. The van der Waals surface area contributed by atoms with Gasteiger partial charge in [0.2, 0.25) is 15.9 Å². The molecule has 0 unspecified atom stereocenters. The van der Waals surface area contributed by atoms with E-state index in [1.807, 2.05) is 6.92 Å². The molecule has 0 saturated carbocycles. The number of sulfonamides is 1. The number of anilines is 1. The van der Waals surface area contributed by atoms with E-state index in [4.69, 9.17) is 9.88 Å². The maximum Gasteiger partial charge on any atom is 0.292 e. The van der Waals surface area contributed by atoms with Gasteiger partial charge in [-0.15, -0.1) is 0 Å². The molecular formula is C19H22N3O5S+. The van der Waals surface area contributed by atoms with E-state index in [1.165, 1.54) is 17.0 Å². The Balaban J connectivity index is 1.65. The molecule has 148 valence electrons. The van der Waals surface area contributed by atoms with Gasteiger partial charge >= 0.3 is 0 Å². The number of nitrogens with two attached hydrogens (primary N) is 2. The Labute approximate surface area is 163 Å². The predicted molar refractivity (Wildman–Crippen MR) is 102 cm³/mol. The molecule has 3 rings (SSSR count). The Morgan fingerprint density at radius 2 is 1.75 bits per heavy atom. The molecule has 0 radical (unpaired) electrons. The monoisotopic (exact) mass is 404 g/mol. The lowest BCUT2D eigenvalue weighted by Crippen LogP contribution is -2.90. The van der Waals surface area contributed by atoms with Gasteiger partial charge in [-0.3, -0.25) is 9.59 Å². The quantitative estimate of drug-likeness (QED) is 0.635. The number of quaternary nitrogens is 1. The van der Waals surface area contributed by atoms with E-state index in [9.17, 15) is 18.0 Å². The third-order valence-electron chi connectivity index (χ3n) is 4.48. The van der Waals surface area contributed by atoms with Crippen LogP contribution in [0.5, 0.6) is 5.75 Å². The van der Waals surface area contributed by atoms with Crippen molar-refractivity contribution < 1.29 is 28.1 Å². The van der Waals surface area contributed by atoms with Gasteiger partial charge in [0.1, 0.15) is 12.3 Å². The van der Waals surface area contributed by atoms with Crippen molar-refractivity contribution in [3.05, 3.63) is 54.1 Å². The van der Waals surface area contributed by atoms with Crippen LogP contribution in [0.1, 0.15) is 18.9 Å². The van der Waals surface area contributed by atoms with Crippen molar-refractivity contribution in [2.24, 2.45) is 5.14 Å². The summed E-state index contributed by atoms with van der Waals surface area (Å²) < 4.78 is 28.0. The van der Waals surface area contributed by atoms with Crippen molar-refractivity contribution in [3.8, 4) is 5.75 Å². The Morgan fingerprint density at radius 1 is 1.11 bits per heavy atom. The second kappa shape index (κ2) is 8.09. The molecule has 2 amide bonds. The first kappa shape index (κ1) is 20.0. The van der Waals surface area contributed by atoms with Crippen LogP contribution >= 0.6 is 0 Å². The maximum atomic E-state index is 12.7. The maximum absolute atomic E-state index is 12.7. The van der Waals surface area contributed by atoms with Crippen LogP contribution in [0.3, 0.4) is 0 Å². The van der Waals surface area contributed by atoms with E-state index >= 15 is 0 Å². The zero-order valence-electron chi connectivity index (χ0n) is 15.4. The van der Waals surface area contributed by atoms with Crippen LogP contribution in [0.4, 0.5) is 5.69 Å². The van der Waals surface area contributed by atoms with E-state index in [-0.39, 0.29) is 23.1 Å². The lowest BCUT2D eigenvalue weighted by Gasteiger charge is -2.15. The second-order valence-corrected chi connectivity index (χ2v) is 8.00. The first-order chi connectivity index (χ1) is 13.3. The normalized spacial score (nSPS) is 17.2. The first-order valence-corrected chi connectivity index (χ1v) is 10.4. The number of rotatable bonds is 7. The van der Waals surface area contributed by atoms with Gasteiger partial charge in [0, 0.05) is 5.56 Å². The fourth-order valence-corrected chi connectivity index (χ4v) is 3.58. The summed E-state index contributed by atoms with van der Waals surface area (Å²) in [6.07, 6.45) is 0.112. The zero-order chi connectivity index (χ0) is 20.3. The van der Waals surface area contributed by atoms with Crippen LogP contribution in [0, 0.1) is 0 Å². The summed E-state index contributed by atoms with van der Waals surface area (Å²) in [5.41, 5.74) is 1.35. The topological polar surface area (TPSA) is 123 Å². The molecule has 1 aliphatic rings. The average molecular weight is 404 g/mol. The van der Waals surface area contributed by atoms with Crippen molar-refractivity contribution >= 4 is 27.5 Å². The minimum atomic E-state index is -3.74. The van der Waals surface area contributed by atoms with Crippen molar-refractivity contribution in [1.29, 1.82) is 0 Å². The number of primary sulfonamides is 1. The number of amides is 2. The molecule has 2 aromatic rings. The molecule has 1 aliphatic heterocycles. The Kier molecular flexibility index (Phi) is 5.78. The second-order valence-electron chi connectivity index (χ2n) is 6.43. The van der Waals surface area contributed by atoms with Gasteiger partial charge in [-0.05, 0) is 43.3 Å². The average Bonchev–Trinajstić information content (AvgIpc) is 2.94. The Bertz CT molecular complexity index is 972. The minimum Gasteiger partial charge on any atom is -0.494 e. The summed E-state index contributed by atoms with van der Waals surface area (Å²) in [5, 5.41) is 6.86. The highest BCUT2D eigenvalue weighted by molar-refractivity contribution is 7.89. The zero-order valence-corrected chi connectivity index (χ0v) is 16.2. The largest absolute Gasteiger partial charge is 0.494 e. The summed E-state index contributed by atoms with van der Waals surface area (Å²) in [6, 6.07) is 12.4. The van der Waals surface area contributed by atoms with E-state index < -0.39 is 16.1 Å². The van der Waals surface area contributed by atoms with Crippen LogP contribution in [0.25, 0.3) is 0 Å². The van der Waals surface area contributed by atoms with Crippen LogP contribution in [-0.2, 0) is 26.2 Å². The van der Waals surface area contributed by atoms with Gasteiger partial charge in [-0.25, -0.2) is 18.5 Å². The van der Waals surface area contributed by atoms with Gasteiger partial charge in [-0.2, -0.15) is 0 Å². The third kappa shape index (κ3) is 4.38. The molecule has 0 aromatic heterocycles. The van der Waals surface area contributed by atoms with Gasteiger partial charge in [0.25, 0.3) is 5.91 Å². The predicted octanol–water partition coefficient (Wildman–Crippen LogP) is 0.128. The molecule has 0 bridgehead atoms. The van der Waals surface area contributed by atoms with Gasteiger partial charge < -0.3 is 10.1 Å². The highest BCUT2D eigenvalue weighted by atomic mass is 32.2. The smallest absolute Gasteiger partial charge is 0.292 e. The molecule has 4 N–H and O–H groups in total. The summed E-state index contributed by atoms with van der Waals surface area (Å²) >= 11 is 0. The van der Waals surface area contributed by atoms with Crippen LogP contribution < -0.4 is 20.1 Å². The van der Waals surface area contributed by atoms with Crippen molar-refractivity contribution in [2.45, 2.75) is 30.8 Å². The summed E-state index contributed by atoms with van der Waals surface area (Å²) in [7, 11) is -3.74. The standard InChI is InChI=1S/C19H21N3O5S/c1-2-27-15-7-5-14(6-8-15)22-18(23)11-17(19(22)24)21-12-13-3-9-16(10-4-13)28(20,25)26/h3-10,17,21H,2,11-12H2,1H3,(H2,20,25,26)/p+1/t17-/m1/s1. The summed E-state index contributed by atoms with van der Waals surface area (Å²) in [6.45, 7) is 2.85. The number of hydrogen-bond donors (Lipinski definition) is 2. The van der Waals surface area contributed by atoms with Crippen molar-refractivity contribution in [1.82, 2.24) is 0 Å². The number of ether oxygens (including phenoxy) is 1. The lowest BCUT2D eigenvalue weighted by atomic mass is 10.2. The van der Waals surface area contributed by atoms with Gasteiger partial charge in [0.15, 0.2) is 6.04 Å². The SMILES string of the molecule is CCOc1ccc(N2C(=O)C[C@@H]([NH2+]Cc3ccc(S(N)(=O)=O)cc3)C2=O)cc1. The van der Waals surface area contributed by atoms with Gasteiger partial charge in [-0.1, -0.05) is 12.1 Å². The molecule has 1 fully saturated rings. The van der Waals surface area contributed by atoms with Crippen LogP contribution in [0.15, 0.2) is 53.4 Å². The minimum absolute atomic E-state index is 0.0324. The number of nitrogens with zero attached hydrogens (tertiary/aromatic N) is 1. The number of carbonyl (C=O) groups excluding carboxylic acids is 2. The van der Waals surface area contributed by atoms with E-state index in [0.717, 1.165) is 5.56 Å².